The maximum atomic E-state index is 5.66. The van der Waals surface area contributed by atoms with Gasteiger partial charge in [0.1, 0.15) is 16.6 Å². The molecule has 3 unspecified atom stereocenters. The van der Waals surface area contributed by atoms with E-state index in [-0.39, 0.29) is 113 Å². The number of aromatic nitrogens is 3. The van der Waals surface area contributed by atoms with Crippen LogP contribution in [-0.2, 0) is 108 Å². The third-order valence-electron chi connectivity index (χ3n) is 10.9. The Morgan fingerprint density at radius 3 is 0.901 bits per heavy atom. The molecule has 0 N–H and O–H groups in total. The summed E-state index contributed by atoms with van der Waals surface area (Å²) >= 11 is 0. The van der Waals surface area contributed by atoms with E-state index in [9.17, 15) is 0 Å². The predicted molar refractivity (Wildman–Crippen MR) is 294 cm³/mol. The molecule has 6 aromatic rings. The summed E-state index contributed by atoms with van der Waals surface area (Å²) in [5, 5.41) is 13.8. The van der Waals surface area contributed by atoms with Gasteiger partial charge in [-0.25, -0.2) is 15.0 Å². The first-order valence-corrected chi connectivity index (χ1v) is 24.6. The monoisotopic (exact) mass is 1210 g/mol. The predicted octanol–water partition coefficient (Wildman–Crippen LogP) is 19.3. The van der Waals surface area contributed by atoms with E-state index in [1.807, 2.05) is 102 Å². The van der Waals surface area contributed by atoms with Crippen molar-refractivity contribution in [2.45, 2.75) is 183 Å². The van der Waals surface area contributed by atoms with Crippen LogP contribution >= 0.6 is 0 Å². The zero-order valence-electron chi connectivity index (χ0n) is 45.9. The minimum Gasteiger partial charge on any atom is -0.684 e. The standard InChI is InChI=1S/3C13H15N2O.2C5H10O.3C2H6.2CH4.3Y/c3*1-4-9-6-14-10-5-7(2)13-12(11(9)10)15-8(3)16-13;2*1-3-5-6-4-2;3*1-2;;;;;/h3*5,9H,4,6H2,1-3H3;2*3,5H,4H2,1-2H3;3*1-2H3;2*1H4;;;/q3*-1;;;;;;;;;;. The molecule has 0 amide bonds. The molecule has 3 aliphatic rings. The summed E-state index contributed by atoms with van der Waals surface area (Å²) in [6.07, 6.45) is 10.4. The Morgan fingerprint density at radius 2 is 0.718 bits per heavy atom. The van der Waals surface area contributed by atoms with Gasteiger partial charge in [0.25, 0.3) is 0 Å². The number of oxazole rings is 3. The quantitative estimate of drug-likeness (QED) is 0.144. The molecule has 0 saturated carbocycles. The van der Waals surface area contributed by atoms with Gasteiger partial charge in [0.15, 0.2) is 34.4 Å². The summed E-state index contributed by atoms with van der Waals surface area (Å²) in [4.78, 5) is 13.6. The second kappa shape index (κ2) is 40.2. The van der Waals surface area contributed by atoms with E-state index in [4.69, 9.17) is 22.7 Å². The van der Waals surface area contributed by atoms with Gasteiger partial charge in [-0.2, -0.15) is 0 Å². The van der Waals surface area contributed by atoms with Crippen molar-refractivity contribution in [3.63, 3.8) is 0 Å². The Labute approximate surface area is 506 Å². The summed E-state index contributed by atoms with van der Waals surface area (Å²) in [5.74, 6) is 3.78. The molecule has 0 fully saturated rings. The van der Waals surface area contributed by atoms with Crippen molar-refractivity contribution in [2.24, 2.45) is 0 Å². The van der Waals surface area contributed by atoms with E-state index in [0.717, 1.165) is 137 Å². The van der Waals surface area contributed by atoms with Crippen molar-refractivity contribution in [2.75, 3.05) is 32.8 Å². The van der Waals surface area contributed by atoms with Crippen LogP contribution in [-0.4, -0.2) is 47.8 Å². The molecule has 14 heteroatoms. The summed E-state index contributed by atoms with van der Waals surface area (Å²) in [7, 11) is 0. The average molecular weight is 1210 g/mol. The third kappa shape index (κ3) is 20.2. The van der Waals surface area contributed by atoms with E-state index < -0.39 is 0 Å². The number of allylic oxidation sites excluding steroid dienone is 2. The second-order valence-electron chi connectivity index (χ2n) is 15.3. The van der Waals surface area contributed by atoms with E-state index in [2.05, 4.69) is 90.6 Å². The van der Waals surface area contributed by atoms with Gasteiger partial charge >= 0.3 is 0 Å². The Kier molecular flexibility index (Phi) is 42.7. The Hall–Kier alpha value is -2.14. The largest absolute Gasteiger partial charge is 0.684 e. The maximum Gasteiger partial charge on any atom is 0.192 e. The van der Waals surface area contributed by atoms with Gasteiger partial charge in [-0.15, -0.1) is 36.7 Å². The molecular formula is C57H91N6O5Y3-3. The van der Waals surface area contributed by atoms with Crippen molar-refractivity contribution in [3.8, 4) is 0 Å². The molecule has 0 aliphatic carbocycles. The van der Waals surface area contributed by atoms with E-state index in [1.165, 1.54) is 16.7 Å². The molecule has 11 nitrogen and oxygen atoms in total. The average Bonchev–Trinajstić information content (AvgIpc) is 4.21. The van der Waals surface area contributed by atoms with Crippen molar-refractivity contribution >= 4 is 50.4 Å². The van der Waals surface area contributed by atoms with Crippen molar-refractivity contribution in [1.29, 1.82) is 0 Å². The normalized spacial score (nSPS) is 14.6. The molecule has 3 aromatic carbocycles. The molecule has 0 bridgehead atoms. The van der Waals surface area contributed by atoms with Gasteiger partial charge in [-0.05, 0) is 99.6 Å². The fourth-order valence-corrected chi connectivity index (χ4v) is 7.92. The maximum absolute atomic E-state index is 5.66. The molecular weight excluding hydrogens is 1120 g/mol. The Bertz CT molecular complexity index is 2170. The van der Waals surface area contributed by atoms with Crippen molar-refractivity contribution < 1.29 is 121 Å². The van der Waals surface area contributed by atoms with Gasteiger partial charge < -0.3 is 38.7 Å². The number of nitrogens with zero attached hydrogens (tertiary/aromatic N) is 6. The number of hydrogen-bond acceptors (Lipinski definition) is 8. The molecule has 71 heavy (non-hydrogen) atoms. The first kappa shape index (κ1) is 75.4. The van der Waals surface area contributed by atoms with Crippen LogP contribution in [0.4, 0.5) is 17.1 Å². The number of hydrogen-bond donors (Lipinski definition) is 0. The fraction of sp³-hybridized carbons (Fsp3) is 0.561. The molecule has 6 heterocycles. The van der Waals surface area contributed by atoms with Gasteiger partial charge in [0.05, 0.1) is 25.7 Å². The molecule has 3 radical (unpaired) electrons. The summed E-state index contributed by atoms with van der Waals surface area (Å²) in [5.41, 5.74) is 16.5. The third-order valence-corrected chi connectivity index (χ3v) is 10.9. The second-order valence-corrected chi connectivity index (χ2v) is 15.3. The van der Waals surface area contributed by atoms with Gasteiger partial charge in [0.2, 0.25) is 0 Å². The van der Waals surface area contributed by atoms with Crippen LogP contribution in [0.25, 0.3) is 49.2 Å². The Morgan fingerprint density at radius 1 is 0.479 bits per heavy atom. The van der Waals surface area contributed by atoms with Crippen LogP contribution < -0.4 is 0 Å². The van der Waals surface area contributed by atoms with Gasteiger partial charge in [-0.1, -0.05) is 127 Å². The molecule has 0 spiro atoms. The molecule has 0 saturated heterocycles. The molecule has 3 atom stereocenters. The first-order chi connectivity index (χ1) is 31.9. The molecule has 3 aromatic heterocycles. The molecule has 3 aliphatic heterocycles. The molecule has 391 valence electrons. The summed E-state index contributed by atoms with van der Waals surface area (Å²) in [6.45, 7) is 42.5. The fourth-order valence-electron chi connectivity index (χ4n) is 7.92. The minimum atomic E-state index is 0. The summed E-state index contributed by atoms with van der Waals surface area (Å²) < 4.78 is 26.6. The van der Waals surface area contributed by atoms with E-state index in [1.54, 1.807) is 12.5 Å². The van der Waals surface area contributed by atoms with E-state index >= 15 is 0 Å². The van der Waals surface area contributed by atoms with E-state index in [0.29, 0.717) is 17.8 Å². The van der Waals surface area contributed by atoms with Gasteiger partial charge in [-0.3, -0.25) is 0 Å². The SMILES string of the molecule is C.C.CC.CC.CC.CC=COCC.CC=COCC.CCC1C[N-]c2cc(C)c3oc(C)nc3c21.CCC1C[N-]c2cc(C)c3oc(C)nc3c21.CCC1C[N-]c2cc(C)c3oc(C)nc3c21.[Y].[Y].[Y]. The van der Waals surface area contributed by atoms with Crippen LogP contribution in [0.15, 0.2) is 56.1 Å². The number of fused-ring (bicyclic) bond motifs is 9. The number of benzene rings is 3. The number of rotatable bonds is 7. The van der Waals surface area contributed by atoms with Crippen LogP contribution in [0.5, 0.6) is 0 Å². The molecule has 9 rings (SSSR count). The zero-order valence-corrected chi connectivity index (χ0v) is 54.4. The van der Waals surface area contributed by atoms with Crippen LogP contribution in [0.1, 0.15) is 193 Å². The Balaban J connectivity index is -0.000000395. The smallest absolute Gasteiger partial charge is 0.192 e. The minimum absolute atomic E-state index is 0. The van der Waals surface area contributed by atoms with Crippen molar-refractivity contribution in [3.05, 3.63) is 110 Å². The number of ether oxygens (including phenoxy) is 2. The topological polar surface area (TPSA) is 139 Å². The first-order valence-electron chi connectivity index (χ1n) is 24.6. The van der Waals surface area contributed by atoms with Crippen LogP contribution in [0.2, 0.25) is 0 Å². The van der Waals surface area contributed by atoms with Gasteiger partial charge in [0, 0.05) is 119 Å². The van der Waals surface area contributed by atoms with Crippen molar-refractivity contribution in [1.82, 2.24) is 15.0 Å². The van der Waals surface area contributed by atoms with Crippen LogP contribution in [0.3, 0.4) is 0 Å². The zero-order chi connectivity index (χ0) is 49.5. The van der Waals surface area contributed by atoms with Crippen LogP contribution in [0, 0.1) is 41.5 Å². The number of aryl methyl sites for hydroxylation is 6. The summed E-state index contributed by atoms with van der Waals surface area (Å²) in [6, 6.07) is 6.37.